The standard InChI is InChI=1S/C26H23Cl2N7O5S/c1-17-3-7-20(8-4-17)41(37,38)35-25(31-32-33-35)18-5-10-23(24(11-18)39-2)40-14-26(36,13-34-16-29-15-30-34)21-9-6-19(27)12-22(21)28/h3-12,15-16,36H,13-14H2,1-2H3. The van der Waals surface area contributed by atoms with Crippen LogP contribution in [0, 0.1) is 6.92 Å². The van der Waals surface area contributed by atoms with Gasteiger partial charge in [-0.3, -0.25) is 0 Å². The van der Waals surface area contributed by atoms with E-state index in [-0.39, 0.29) is 40.4 Å². The third-order valence-electron chi connectivity index (χ3n) is 6.20. The van der Waals surface area contributed by atoms with Crippen LogP contribution in [0.25, 0.3) is 11.4 Å². The van der Waals surface area contributed by atoms with Gasteiger partial charge in [0.15, 0.2) is 17.3 Å². The molecule has 5 aromatic rings. The number of aromatic nitrogens is 7. The van der Waals surface area contributed by atoms with Crippen LogP contribution >= 0.6 is 23.2 Å². The minimum atomic E-state index is -4.07. The first-order chi connectivity index (χ1) is 19.6. The Morgan fingerprint density at radius 2 is 1.80 bits per heavy atom. The second kappa shape index (κ2) is 11.4. The highest BCUT2D eigenvalue weighted by molar-refractivity contribution is 7.90. The Hall–Kier alpha value is -4.04. The molecule has 0 amide bonds. The zero-order valence-corrected chi connectivity index (χ0v) is 24.0. The first-order valence-corrected chi connectivity index (χ1v) is 14.2. The van der Waals surface area contributed by atoms with Crippen molar-refractivity contribution in [1.82, 2.24) is 34.4 Å². The molecule has 0 fully saturated rings. The highest BCUT2D eigenvalue weighted by atomic mass is 35.5. The highest BCUT2D eigenvalue weighted by Crippen LogP contribution is 2.36. The molecule has 0 bridgehead atoms. The van der Waals surface area contributed by atoms with Crippen molar-refractivity contribution in [3.8, 4) is 22.9 Å². The lowest BCUT2D eigenvalue weighted by molar-refractivity contribution is -0.0274. The van der Waals surface area contributed by atoms with Gasteiger partial charge in [-0.15, -0.1) is 9.19 Å². The summed E-state index contributed by atoms with van der Waals surface area (Å²) in [5.41, 5.74) is -0.0120. The Morgan fingerprint density at radius 1 is 1.02 bits per heavy atom. The van der Waals surface area contributed by atoms with Crippen LogP contribution in [0.1, 0.15) is 11.1 Å². The molecule has 5 rings (SSSR count). The summed E-state index contributed by atoms with van der Waals surface area (Å²) in [5.74, 6) is 0.486. The quantitative estimate of drug-likeness (QED) is 0.246. The largest absolute Gasteiger partial charge is 0.493 e. The molecule has 0 aliphatic heterocycles. The molecule has 0 aliphatic carbocycles. The van der Waals surface area contributed by atoms with Crippen LogP contribution in [-0.4, -0.2) is 61.6 Å². The number of ether oxygens (including phenoxy) is 2. The summed E-state index contributed by atoms with van der Waals surface area (Å²) >= 11 is 12.5. The molecule has 3 aromatic carbocycles. The lowest BCUT2D eigenvalue weighted by Crippen LogP contribution is -2.38. The maximum absolute atomic E-state index is 13.3. The van der Waals surface area contributed by atoms with Gasteiger partial charge in [-0.1, -0.05) is 47.0 Å². The van der Waals surface area contributed by atoms with Gasteiger partial charge in [0.1, 0.15) is 24.9 Å². The summed E-state index contributed by atoms with van der Waals surface area (Å²) in [6, 6.07) is 15.8. The van der Waals surface area contributed by atoms with Crippen molar-refractivity contribution in [3.05, 3.63) is 94.5 Å². The molecular weight excluding hydrogens is 593 g/mol. The lowest BCUT2D eigenvalue weighted by Gasteiger charge is -2.29. The van der Waals surface area contributed by atoms with Crippen molar-refractivity contribution in [3.63, 3.8) is 0 Å². The van der Waals surface area contributed by atoms with Gasteiger partial charge < -0.3 is 14.6 Å². The predicted molar refractivity (Wildman–Crippen MR) is 149 cm³/mol. The average Bonchev–Trinajstić information content (AvgIpc) is 3.65. The fourth-order valence-electron chi connectivity index (χ4n) is 4.10. The summed E-state index contributed by atoms with van der Waals surface area (Å²) in [5, 5.41) is 27.7. The SMILES string of the molecule is COc1cc(-c2nnnn2S(=O)(=O)c2ccc(C)cc2)ccc1OCC(O)(Cn1cncn1)c1ccc(Cl)cc1Cl. The summed E-state index contributed by atoms with van der Waals surface area (Å²) in [7, 11) is -2.65. The number of methoxy groups -OCH3 is 1. The maximum atomic E-state index is 13.3. The van der Waals surface area contributed by atoms with Crippen molar-refractivity contribution in [2.45, 2.75) is 24.0 Å². The van der Waals surface area contributed by atoms with Crippen LogP contribution in [0.2, 0.25) is 10.0 Å². The number of rotatable bonds is 10. The molecule has 2 heterocycles. The zero-order chi connectivity index (χ0) is 29.2. The first kappa shape index (κ1) is 28.5. The lowest BCUT2D eigenvalue weighted by atomic mass is 9.94. The second-order valence-corrected chi connectivity index (χ2v) is 11.7. The van der Waals surface area contributed by atoms with Crippen molar-refractivity contribution in [1.29, 1.82) is 0 Å². The molecule has 1 unspecified atom stereocenters. The summed E-state index contributed by atoms with van der Waals surface area (Å²) in [6.07, 6.45) is 2.80. The van der Waals surface area contributed by atoms with E-state index < -0.39 is 15.6 Å². The Bertz CT molecular complexity index is 1780. The Kier molecular flexibility index (Phi) is 7.95. The third-order valence-corrected chi connectivity index (χ3v) is 8.32. The maximum Gasteiger partial charge on any atom is 0.286 e. The van der Waals surface area contributed by atoms with E-state index in [0.29, 0.717) is 16.1 Å². The molecule has 2 aromatic heterocycles. The van der Waals surface area contributed by atoms with Gasteiger partial charge in [-0.2, -0.15) is 13.5 Å². The molecule has 0 radical (unpaired) electrons. The number of nitrogens with zero attached hydrogens (tertiary/aromatic N) is 7. The fourth-order valence-corrected chi connectivity index (χ4v) is 5.86. The highest BCUT2D eigenvalue weighted by Gasteiger charge is 2.34. The summed E-state index contributed by atoms with van der Waals surface area (Å²) < 4.78 is 40.3. The smallest absolute Gasteiger partial charge is 0.286 e. The van der Waals surface area contributed by atoms with Crippen LogP contribution in [0.4, 0.5) is 0 Å². The number of hydrogen-bond acceptors (Lipinski definition) is 10. The number of aliphatic hydroxyl groups is 1. The third kappa shape index (κ3) is 5.88. The van der Waals surface area contributed by atoms with E-state index in [4.69, 9.17) is 32.7 Å². The van der Waals surface area contributed by atoms with E-state index in [9.17, 15) is 13.5 Å². The van der Waals surface area contributed by atoms with Gasteiger partial charge in [0, 0.05) is 21.2 Å². The number of tetrazole rings is 1. The van der Waals surface area contributed by atoms with Crippen molar-refractivity contribution < 1.29 is 23.0 Å². The molecular formula is C26H23Cl2N7O5S. The Morgan fingerprint density at radius 3 is 2.49 bits per heavy atom. The molecule has 12 nitrogen and oxygen atoms in total. The van der Waals surface area contributed by atoms with Crippen molar-refractivity contribution in [2.75, 3.05) is 13.7 Å². The van der Waals surface area contributed by atoms with E-state index in [2.05, 4.69) is 25.6 Å². The van der Waals surface area contributed by atoms with Crippen molar-refractivity contribution in [2.24, 2.45) is 0 Å². The molecule has 15 heteroatoms. The van der Waals surface area contributed by atoms with Crippen LogP contribution < -0.4 is 9.47 Å². The summed E-state index contributed by atoms with van der Waals surface area (Å²) in [6.45, 7) is 1.57. The molecule has 41 heavy (non-hydrogen) atoms. The normalized spacial score (nSPS) is 13.1. The van der Waals surface area contributed by atoms with Gasteiger partial charge >= 0.3 is 0 Å². The van der Waals surface area contributed by atoms with E-state index in [1.54, 1.807) is 36.4 Å². The molecule has 0 saturated carbocycles. The van der Waals surface area contributed by atoms with Gasteiger partial charge in [0.25, 0.3) is 10.0 Å². The van der Waals surface area contributed by atoms with Crippen LogP contribution in [0.15, 0.2) is 78.2 Å². The average molecular weight is 616 g/mol. The minimum Gasteiger partial charge on any atom is -0.493 e. The number of hydrogen-bond donors (Lipinski definition) is 1. The minimum absolute atomic E-state index is 0.0222. The Labute approximate surface area is 245 Å². The topological polar surface area (TPSA) is 147 Å². The molecule has 1 N–H and O–H groups in total. The van der Waals surface area contributed by atoms with E-state index in [1.165, 1.54) is 48.7 Å². The summed E-state index contributed by atoms with van der Waals surface area (Å²) in [4.78, 5) is 3.97. The number of halogens is 2. The zero-order valence-electron chi connectivity index (χ0n) is 21.7. The van der Waals surface area contributed by atoms with Crippen LogP contribution in [0.5, 0.6) is 11.5 Å². The monoisotopic (exact) mass is 615 g/mol. The molecule has 1 atom stereocenters. The number of aryl methyl sites for hydroxylation is 1. The predicted octanol–water partition coefficient (Wildman–Crippen LogP) is 3.76. The van der Waals surface area contributed by atoms with Gasteiger partial charge in [0.05, 0.1) is 18.6 Å². The van der Waals surface area contributed by atoms with Crippen molar-refractivity contribution >= 4 is 33.2 Å². The van der Waals surface area contributed by atoms with E-state index in [1.807, 2.05) is 6.92 Å². The first-order valence-electron chi connectivity index (χ1n) is 12.0. The Balaban J connectivity index is 1.45. The molecule has 0 aliphatic rings. The van der Waals surface area contributed by atoms with Crippen LogP contribution in [0.3, 0.4) is 0 Å². The fraction of sp³-hybridized carbons (Fsp3) is 0.192. The number of benzene rings is 3. The molecule has 0 spiro atoms. The van der Waals surface area contributed by atoms with Crippen LogP contribution in [-0.2, 0) is 22.2 Å². The molecule has 212 valence electrons. The van der Waals surface area contributed by atoms with Gasteiger partial charge in [-0.05, 0) is 59.8 Å². The van der Waals surface area contributed by atoms with Gasteiger partial charge in [0.2, 0.25) is 0 Å². The molecule has 0 saturated heterocycles. The second-order valence-electron chi connectivity index (χ2n) is 9.07. The van der Waals surface area contributed by atoms with E-state index in [0.717, 1.165) is 9.65 Å². The van der Waals surface area contributed by atoms with Gasteiger partial charge in [-0.25, -0.2) is 9.67 Å². The van der Waals surface area contributed by atoms with E-state index >= 15 is 0 Å².